The number of fused-ring (bicyclic) bond motifs is 2. The molecule has 2 atom stereocenters. The molecule has 0 amide bonds. The molecule has 8 nitrogen and oxygen atoms in total. The van der Waals surface area contributed by atoms with Crippen LogP contribution in [0.1, 0.15) is 36.6 Å². The van der Waals surface area contributed by atoms with Crippen molar-refractivity contribution < 1.29 is 24.2 Å². The Morgan fingerprint density at radius 2 is 2.00 bits per heavy atom. The van der Waals surface area contributed by atoms with Gasteiger partial charge in [0.25, 0.3) is 5.56 Å². The molecule has 1 unspecified atom stereocenters. The van der Waals surface area contributed by atoms with Crippen molar-refractivity contribution in [3.8, 4) is 23.1 Å². The monoisotopic (exact) mass is 420 g/mol. The Labute approximate surface area is 173 Å². The fourth-order valence-electron chi connectivity index (χ4n) is 4.44. The van der Waals surface area contributed by atoms with Crippen LogP contribution < -0.4 is 24.7 Å². The molecule has 0 saturated heterocycles. The van der Waals surface area contributed by atoms with Crippen LogP contribution in [-0.2, 0) is 19.5 Å². The van der Waals surface area contributed by atoms with E-state index in [9.17, 15) is 9.90 Å². The van der Waals surface area contributed by atoms with E-state index in [1.165, 1.54) is 4.57 Å². The lowest BCUT2D eigenvalue weighted by molar-refractivity contribution is -0.908. The van der Waals surface area contributed by atoms with Gasteiger partial charge in [0, 0.05) is 19.5 Å². The van der Waals surface area contributed by atoms with Gasteiger partial charge in [-0.1, -0.05) is 0 Å². The number of hydrogen-bond donors (Lipinski definition) is 2. The van der Waals surface area contributed by atoms with Crippen LogP contribution >= 0.6 is 12.2 Å². The van der Waals surface area contributed by atoms with Crippen LogP contribution in [0.4, 0.5) is 0 Å². The SMILES string of the molecule is CCn1c(O)c([C@@H]2c3c(cc4c(c3OC)OCO4)CC[NH+]2C)c(=O)n(CC)c1=S. The molecule has 0 saturated carbocycles. The summed E-state index contributed by atoms with van der Waals surface area (Å²) in [6.45, 7) is 5.61. The Balaban J connectivity index is 2.06. The molecule has 9 heteroatoms. The standard InChI is InChI=1S/C20H25N3O5S/c1-5-22-18(24)14(19(25)23(6-2)20(22)29)15-13-11(7-8-21(15)3)9-12-16(17(13)26-4)28-10-27-12/h9,15,24H,5-8,10H2,1-4H3/p+1/t15-/m0/s1. The smallest absolute Gasteiger partial charge is 0.267 e. The van der Waals surface area contributed by atoms with Crippen molar-refractivity contribution in [3.63, 3.8) is 0 Å². The Hall–Kier alpha value is -2.52. The highest BCUT2D eigenvalue weighted by Crippen LogP contribution is 2.48. The second-order valence-corrected chi connectivity index (χ2v) is 7.67. The molecule has 3 heterocycles. The average Bonchev–Trinajstić information content (AvgIpc) is 3.17. The molecule has 0 spiro atoms. The molecule has 2 aliphatic rings. The van der Waals surface area contributed by atoms with Gasteiger partial charge in [-0.3, -0.25) is 13.9 Å². The van der Waals surface area contributed by atoms with E-state index >= 15 is 0 Å². The fraction of sp³-hybridized carbons (Fsp3) is 0.500. The van der Waals surface area contributed by atoms with Gasteiger partial charge in [-0.15, -0.1) is 0 Å². The third kappa shape index (κ3) is 2.83. The summed E-state index contributed by atoms with van der Waals surface area (Å²) in [7, 11) is 3.60. The molecule has 1 aromatic carbocycles. The van der Waals surface area contributed by atoms with E-state index in [2.05, 4.69) is 0 Å². The maximum absolute atomic E-state index is 13.4. The van der Waals surface area contributed by atoms with E-state index in [0.29, 0.717) is 40.7 Å². The molecule has 1 aromatic heterocycles. The predicted molar refractivity (Wildman–Crippen MR) is 109 cm³/mol. The van der Waals surface area contributed by atoms with E-state index in [0.717, 1.165) is 29.0 Å². The highest BCUT2D eigenvalue weighted by Gasteiger charge is 2.41. The number of benzene rings is 1. The fourth-order valence-corrected chi connectivity index (χ4v) is 4.87. The zero-order valence-corrected chi connectivity index (χ0v) is 17.9. The van der Waals surface area contributed by atoms with Crippen LogP contribution in [0, 0.1) is 4.77 Å². The molecule has 4 rings (SSSR count). The van der Waals surface area contributed by atoms with Gasteiger partial charge in [0.15, 0.2) is 22.3 Å². The number of ether oxygens (including phenoxy) is 3. The van der Waals surface area contributed by atoms with Gasteiger partial charge in [-0.25, -0.2) is 0 Å². The maximum Gasteiger partial charge on any atom is 0.267 e. The minimum Gasteiger partial charge on any atom is -0.494 e. The van der Waals surface area contributed by atoms with Crippen molar-refractivity contribution in [3.05, 3.63) is 37.9 Å². The number of methoxy groups -OCH3 is 1. The molecule has 2 N–H and O–H groups in total. The highest BCUT2D eigenvalue weighted by atomic mass is 32.1. The van der Waals surface area contributed by atoms with Gasteiger partial charge in [-0.05, 0) is 37.7 Å². The van der Waals surface area contributed by atoms with Crippen molar-refractivity contribution in [2.24, 2.45) is 0 Å². The molecule has 29 heavy (non-hydrogen) atoms. The average molecular weight is 421 g/mol. The summed E-state index contributed by atoms with van der Waals surface area (Å²) in [4.78, 5) is 14.5. The number of rotatable bonds is 4. The molecule has 0 radical (unpaired) electrons. The van der Waals surface area contributed by atoms with Crippen molar-refractivity contribution in [1.29, 1.82) is 0 Å². The third-order valence-electron chi connectivity index (χ3n) is 5.87. The molecule has 2 aromatic rings. The highest BCUT2D eigenvalue weighted by molar-refractivity contribution is 7.71. The normalized spacial score (nSPS) is 19.9. The summed E-state index contributed by atoms with van der Waals surface area (Å²) in [6, 6.07) is 1.55. The number of aromatic nitrogens is 2. The molecule has 156 valence electrons. The molecule has 2 aliphatic heterocycles. The largest absolute Gasteiger partial charge is 0.494 e. The zero-order valence-electron chi connectivity index (χ0n) is 17.1. The number of hydrogen-bond acceptors (Lipinski definition) is 6. The summed E-state index contributed by atoms with van der Waals surface area (Å²) in [5.74, 6) is 1.68. The van der Waals surface area contributed by atoms with Crippen LogP contribution in [-0.4, -0.2) is 41.7 Å². The van der Waals surface area contributed by atoms with Crippen LogP contribution in [0.5, 0.6) is 23.1 Å². The summed E-state index contributed by atoms with van der Waals surface area (Å²) in [6.07, 6.45) is 0.806. The lowest BCUT2D eigenvalue weighted by Gasteiger charge is -2.33. The molecule has 0 bridgehead atoms. The first-order valence-electron chi connectivity index (χ1n) is 9.82. The number of quaternary nitrogens is 1. The van der Waals surface area contributed by atoms with Crippen molar-refractivity contribution in [2.45, 2.75) is 39.4 Å². The Morgan fingerprint density at radius 1 is 1.28 bits per heavy atom. The zero-order chi connectivity index (χ0) is 20.9. The Bertz CT molecular complexity index is 1090. The molecule has 0 fully saturated rings. The van der Waals surface area contributed by atoms with Gasteiger partial charge in [0.2, 0.25) is 18.4 Å². The van der Waals surface area contributed by atoms with Crippen LogP contribution in [0.15, 0.2) is 10.9 Å². The first kappa shape index (κ1) is 19.8. The minimum absolute atomic E-state index is 0.0795. The Morgan fingerprint density at radius 3 is 2.66 bits per heavy atom. The quantitative estimate of drug-likeness (QED) is 0.720. The van der Waals surface area contributed by atoms with Crippen LogP contribution in [0.25, 0.3) is 0 Å². The Kier molecular flexibility index (Phi) is 5.04. The van der Waals surface area contributed by atoms with Gasteiger partial charge in [0.05, 0.1) is 26.3 Å². The molecule has 0 aliphatic carbocycles. The third-order valence-corrected chi connectivity index (χ3v) is 6.31. The van der Waals surface area contributed by atoms with Gasteiger partial charge >= 0.3 is 0 Å². The van der Waals surface area contributed by atoms with E-state index < -0.39 is 6.04 Å². The van der Waals surface area contributed by atoms with Crippen molar-refractivity contribution >= 4 is 12.2 Å². The summed E-state index contributed by atoms with van der Waals surface area (Å²) in [5.41, 5.74) is 1.96. The lowest BCUT2D eigenvalue weighted by Crippen LogP contribution is -3.10. The first-order valence-corrected chi connectivity index (χ1v) is 10.2. The van der Waals surface area contributed by atoms with Crippen molar-refractivity contribution in [2.75, 3.05) is 27.5 Å². The second-order valence-electron chi connectivity index (χ2n) is 7.31. The van der Waals surface area contributed by atoms with Crippen molar-refractivity contribution in [1.82, 2.24) is 9.13 Å². The first-order chi connectivity index (χ1) is 13.9. The summed E-state index contributed by atoms with van der Waals surface area (Å²) >= 11 is 5.45. The maximum atomic E-state index is 13.4. The van der Waals surface area contributed by atoms with E-state index in [4.69, 9.17) is 26.4 Å². The molecular formula is C20H26N3O5S+. The number of nitrogens with zero attached hydrogens (tertiary/aromatic N) is 2. The second kappa shape index (κ2) is 7.38. The van der Waals surface area contributed by atoms with Crippen LogP contribution in [0.2, 0.25) is 0 Å². The van der Waals surface area contributed by atoms with E-state index in [1.807, 2.05) is 27.0 Å². The van der Waals surface area contributed by atoms with Gasteiger partial charge in [0.1, 0.15) is 5.56 Å². The minimum atomic E-state index is -0.415. The van der Waals surface area contributed by atoms with Gasteiger partial charge < -0.3 is 24.2 Å². The number of aromatic hydroxyl groups is 1. The predicted octanol–water partition coefficient (Wildman–Crippen LogP) is 1.02. The topological polar surface area (TPSA) is 79.3 Å². The van der Waals surface area contributed by atoms with E-state index in [-0.39, 0.29) is 18.2 Å². The van der Waals surface area contributed by atoms with Gasteiger partial charge in [-0.2, -0.15) is 0 Å². The van der Waals surface area contributed by atoms with Crippen LogP contribution in [0.3, 0.4) is 0 Å². The summed E-state index contributed by atoms with van der Waals surface area (Å²) < 4.78 is 20.4. The van der Waals surface area contributed by atoms with E-state index in [1.54, 1.807) is 11.7 Å². The number of likely N-dealkylation sites (N-methyl/N-ethyl adjacent to an activating group) is 1. The molecular weight excluding hydrogens is 394 g/mol. The number of nitrogens with one attached hydrogen (secondary N) is 1. The lowest BCUT2D eigenvalue weighted by atomic mass is 9.87. The summed E-state index contributed by atoms with van der Waals surface area (Å²) in [5, 5.41) is 11.1.